The van der Waals surface area contributed by atoms with Gasteiger partial charge in [0.2, 0.25) is 5.91 Å². The van der Waals surface area contributed by atoms with E-state index in [0.29, 0.717) is 32.2 Å². The van der Waals surface area contributed by atoms with Crippen molar-refractivity contribution in [2.24, 2.45) is 0 Å². The van der Waals surface area contributed by atoms with Gasteiger partial charge in [0.25, 0.3) is 5.91 Å². The molecule has 0 radical (unpaired) electrons. The van der Waals surface area contributed by atoms with Crippen LogP contribution in [-0.2, 0) is 22.7 Å². The molecule has 0 fully saturated rings. The molecule has 0 saturated carbocycles. The summed E-state index contributed by atoms with van der Waals surface area (Å²) in [4.78, 5) is 34.1. The molecule has 2 heterocycles. The summed E-state index contributed by atoms with van der Waals surface area (Å²) < 4.78 is 0. The standard InChI is InChI=1S/C29H38N6O2S/c1-20(2)30-12-13-31-27(36)18-34(26-14-23(11-10-21(26)3)29-32-15-22(4)38-29)19-28(37)33(5)35-16-24-8-6-7-9-25(24)17-35/h6-11,14-15,20,30H,12-13,16-19H2,1-5H3,(H,31,36). The molecule has 0 unspecified atom stereocenters. The molecule has 2 N–H and O–H groups in total. The van der Waals surface area contributed by atoms with E-state index in [1.165, 1.54) is 11.1 Å². The number of nitrogens with one attached hydrogen (secondary N) is 2. The Hall–Kier alpha value is -3.27. The van der Waals surface area contributed by atoms with Crippen LogP contribution in [0, 0.1) is 13.8 Å². The topological polar surface area (TPSA) is 80.8 Å². The second-order valence-electron chi connectivity index (χ2n) is 10.1. The average molecular weight is 535 g/mol. The molecule has 2 aromatic carbocycles. The van der Waals surface area contributed by atoms with Crippen LogP contribution >= 0.6 is 11.3 Å². The molecule has 3 aromatic rings. The van der Waals surface area contributed by atoms with Gasteiger partial charge in [0, 0.05) is 61.6 Å². The van der Waals surface area contributed by atoms with E-state index < -0.39 is 0 Å². The van der Waals surface area contributed by atoms with Crippen LogP contribution in [0.1, 0.15) is 35.4 Å². The first kappa shape index (κ1) is 27.8. The number of thiazole rings is 1. The monoisotopic (exact) mass is 534 g/mol. The second kappa shape index (κ2) is 12.5. The van der Waals surface area contributed by atoms with E-state index in [0.717, 1.165) is 26.7 Å². The SMILES string of the molecule is Cc1cnc(-c2ccc(C)c(N(CC(=O)NCCNC(C)C)CC(=O)N(C)N3Cc4ccccc4C3)c2)s1. The fourth-order valence-corrected chi connectivity index (χ4v) is 5.30. The number of aryl methyl sites for hydroxylation is 2. The van der Waals surface area contributed by atoms with Crippen molar-refractivity contribution in [2.45, 2.75) is 46.8 Å². The molecule has 4 rings (SSSR count). The first-order chi connectivity index (χ1) is 18.2. The van der Waals surface area contributed by atoms with Crippen LogP contribution in [-0.4, -0.2) is 66.1 Å². The molecule has 0 bridgehead atoms. The normalized spacial score (nSPS) is 13.0. The number of hydrazine groups is 1. The number of rotatable bonds is 11. The van der Waals surface area contributed by atoms with Crippen molar-refractivity contribution in [3.05, 3.63) is 70.2 Å². The number of carbonyl (C=O) groups is 2. The van der Waals surface area contributed by atoms with Gasteiger partial charge in [-0.15, -0.1) is 11.3 Å². The molecule has 8 nitrogen and oxygen atoms in total. The number of hydrogen-bond acceptors (Lipinski definition) is 7. The third kappa shape index (κ3) is 6.98. The number of anilines is 1. The largest absolute Gasteiger partial charge is 0.353 e. The van der Waals surface area contributed by atoms with Gasteiger partial charge in [-0.3, -0.25) is 14.6 Å². The van der Waals surface area contributed by atoms with Crippen molar-refractivity contribution in [3.63, 3.8) is 0 Å². The Balaban J connectivity index is 1.52. The molecule has 1 aromatic heterocycles. The maximum absolute atomic E-state index is 13.5. The van der Waals surface area contributed by atoms with Gasteiger partial charge in [0.05, 0.1) is 13.1 Å². The van der Waals surface area contributed by atoms with E-state index in [1.54, 1.807) is 16.3 Å². The van der Waals surface area contributed by atoms with Crippen molar-refractivity contribution < 1.29 is 9.59 Å². The summed E-state index contributed by atoms with van der Waals surface area (Å²) in [6, 6.07) is 14.7. The maximum Gasteiger partial charge on any atom is 0.256 e. The molecular formula is C29H38N6O2S. The van der Waals surface area contributed by atoms with Crippen molar-refractivity contribution in [1.29, 1.82) is 0 Å². The highest BCUT2D eigenvalue weighted by Crippen LogP contribution is 2.31. The fourth-order valence-electron chi connectivity index (χ4n) is 4.54. The lowest BCUT2D eigenvalue weighted by atomic mass is 10.1. The quantitative estimate of drug-likeness (QED) is 0.365. The molecule has 0 aliphatic carbocycles. The Kier molecular flexibility index (Phi) is 9.14. The van der Waals surface area contributed by atoms with Gasteiger partial charge in [-0.1, -0.05) is 50.2 Å². The van der Waals surface area contributed by atoms with Crippen LogP contribution in [0.15, 0.2) is 48.7 Å². The van der Waals surface area contributed by atoms with Crippen LogP contribution in [0.25, 0.3) is 10.6 Å². The van der Waals surface area contributed by atoms with Gasteiger partial charge in [-0.2, -0.15) is 0 Å². The summed E-state index contributed by atoms with van der Waals surface area (Å²) in [6.45, 7) is 11.0. The zero-order valence-electron chi connectivity index (χ0n) is 23.0. The number of aromatic nitrogens is 1. The van der Waals surface area contributed by atoms with Crippen molar-refractivity contribution in [3.8, 4) is 10.6 Å². The van der Waals surface area contributed by atoms with Crippen LogP contribution < -0.4 is 15.5 Å². The highest BCUT2D eigenvalue weighted by atomic mass is 32.1. The second-order valence-corrected chi connectivity index (χ2v) is 11.3. The molecule has 1 aliphatic rings. The minimum atomic E-state index is -0.116. The molecule has 0 atom stereocenters. The lowest BCUT2D eigenvalue weighted by molar-refractivity contribution is -0.145. The lowest BCUT2D eigenvalue weighted by Gasteiger charge is -2.32. The first-order valence-electron chi connectivity index (χ1n) is 13.1. The molecule has 9 heteroatoms. The number of carbonyl (C=O) groups excluding carboxylic acids is 2. The van der Waals surface area contributed by atoms with E-state index in [1.807, 2.05) is 67.3 Å². The predicted molar refractivity (Wildman–Crippen MR) is 154 cm³/mol. The van der Waals surface area contributed by atoms with Gasteiger partial charge < -0.3 is 15.5 Å². The summed E-state index contributed by atoms with van der Waals surface area (Å²) in [7, 11) is 1.81. The van der Waals surface area contributed by atoms with Gasteiger partial charge in [-0.05, 0) is 36.6 Å². The zero-order valence-corrected chi connectivity index (χ0v) is 23.8. The summed E-state index contributed by atoms with van der Waals surface area (Å²) in [5.74, 6) is -0.184. The Morgan fingerprint density at radius 3 is 2.39 bits per heavy atom. The number of fused-ring (bicyclic) bond motifs is 1. The van der Waals surface area contributed by atoms with E-state index in [4.69, 9.17) is 0 Å². The summed E-state index contributed by atoms with van der Waals surface area (Å²) in [5, 5.41) is 11.0. The van der Waals surface area contributed by atoms with E-state index in [-0.39, 0.29) is 24.9 Å². The number of hydrogen-bond donors (Lipinski definition) is 2. The van der Waals surface area contributed by atoms with Crippen molar-refractivity contribution in [2.75, 3.05) is 38.1 Å². The third-order valence-electron chi connectivity index (χ3n) is 6.69. The zero-order chi connectivity index (χ0) is 27.2. The van der Waals surface area contributed by atoms with E-state index in [9.17, 15) is 9.59 Å². The van der Waals surface area contributed by atoms with Crippen molar-refractivity contribution in [1.82, 2.24) is 25.6 Å². The molecule has 0 saturated heterocycles. The van der Waals surface area contributed by atoms with Crippen molar-refractivity contribution >= 4 is 28.8 Å². The highest BCUT2D eigenvalue weighted by Gasteiger charge is 2.27. The van der Waals surface area contributed by atoms with Gasteiger partial charge in [-0.25, -0.2) is 9.99 Å². The van der Waals surface area contributed by atoms with E-state index in [2.05, 4.69) is 41.6 Å². The minimum absolute atomic E-state index is 0.0676. The summed E-state index contributed by atoms with van der Waals surface area (Å²) in [5.41, 5.74) is 5.31. The van der Waals surface area contributed by atoms with Crippen LogP contribution in [0.4, 0.5) is 5.69 Å². The Labute approximate surface area is 229 Å². The Morgan fingerprint density at radius 2 is 1.76 bits per heavy atom. The molecular weight excluding hydrogens is 496 g/mol. The molecule has 1 aliphatic heterocycles. The number of benzene rings is 2. The van der Waals surface area contributed by atoms with Crippen LogP contribution in [0.2, 0.25) is 0 Å². The number of nitrogens with zero attached hydrogens (tertiary/aromatic N) is 4. The van der Waals surface area contributed by atoms with Gasteiger partial charge in [0.15, 0.2) is 0 Å². The molecule has 38 heavy (non-hydrogen) atoms. The molecule has 202 valence electrons. The number of likely N-dealkylation sites (N-methyl/N-ethyl adjacent to an activating group) is 1. The highest BCUT2D eigenvalue weighted by molar-refractivity contribution is 7.14. The Morgan fingerprint density at radius 1 is 1.05 bits per heavy atom. The fraction of sp³-hybridized carbons (Fsp3) is 0.414. The average Bonchev–Trinajstić information content (AvgIpc) is 3.52. The van der Waals surface area contributed by atoms with Crippen LogP contribution in [0.3, 0.4) is 0 Å². The van der Waals surface area contributed by atoms with E-state index >= 15 is 0 Å². The van der Waals surface area contributed by atoms with Crippen LogP contribution in [0.5, 0.6) is 0 Å². The van der Waals surface area contributed by atoms with Gasteiger partial charge >= 0.3 is 0 Å². The Bertz CT molecular complexity index is 1250. The predicted octanol–water partition coefficient (Wildman–Crippen LogP) is 3.74. The third-order valence-corrected chi connectivity index (χ3v) is 7.65. The molecule has 2 amide bonds. The summed E-state index contributed by atoms with van der Waals surface area (Å²) >= 11 is 1.63. The number of amides is 2. The smallest absolute Gasteiger partial charge is 0.256 e. The minimum Gasteiger partial charge on any atom is -0.353 e. The molecule has 0 spiro atoms. The lowest BCUT2D eigenvalue weighted by Crippen LogP contribution is -2.48. The first-order valence-corrected chi connectivity index (χ1v) is 13.9. The summed E-state index contributed by atoms with van der Waals surface area (Å²) in [6.07, 6.45) is 1.86. The van der Waals surface area contributed by atoms with Gasteiger partial charge in [0.1, 0.15) is 5.01 Å². The maximum atomic E-state index is 13.5.